The molecule has 10 heteroatoms. The molecule has 1 fully saturated rings. The largest absolute Gasteiger partial charge is 0.354 e. The Labute approximate surface area is 204 Å². The van der Waals surface area contributed by atoms with Gasteiger partial charge in [-0.1, -0.05) is 6.92 Å². The van der Waals surface area contributed by atoms with Gasteiger partial charge in [0, 0.05) is 67.1 Å². The van der Waals surface area contributed by atoms with Crippen LogP contribution in [-0.4, -0.2) is 63.2 Å². The summed E-state index contributed by atoms with van der Waals surface area (Å²) in [6.45, 7) is 12.1. The molecule has 180 valence electrons. The minimum atomic E-state index is -0.00155. The SMILES string of the molecule is CCC(=O)Nc1ccc(Sc2nc(Nc3cc(C)[nH]n3)cc(N3CCN(C(C)C)CC3)n2)cc1. The van der Waals surface area contributed by atoms with E-state index in [0.717, 1.165) is 54.1 Å². The number of amides is 1. The van der Waals surface area contributed by atoms with Crippen molar-refractivity contribution in [2.24, 2.45) is 0 Å². The monoisotopic (exact) mass is 480 g/mol. The Balaban J connectivity index is 1.55. The summed E-state index contributed by atoms with van der Waals surface area (Å²) in [6.07, 6.45) is 0.452. The highest BCUT2D eigenvalue weighted by atomic mass is 32.2. The van der Waals surface area contributed by atoms with E-state index in [4.69, 9.17) is 9.97 Å². The van der Waals surface area contributed by atoms with Gasteiger partial charge in [0.15, 0.2) is 11.0 Å². The van der Waals surface area contributed by atoms with E-state index in [2.05, 4.69) is 44.5 Å². The predicted octanol–water partition coefficient (Wildman–Crippen LogP) is 4.28. The van der Waals surface area contributed by atoms with Gasteiger partial charge in [-0.25, -0.2) is 9.97 Å². The second-order valence-corrected chi connectivity index (χ2v) is 9.64. The van der Waals surface area contributed by atoms with Crippen LogP contribution in [0.15, 0.2) is 46.5 Å². The van der Waals surface area contributed by atoms with Crippen molar-refractivity contribution in [3.05, 3.63) is 42.1 Å². The molecule has 1 aromatic carbocycles. The Morgan fingerprint density at radius 3 is 2.44 bits per heavy atom. The highest BCUT2D eigenvalue weighted by Crippen LogP contribution is 2.30. The lowest BCUT2D eigenvalue weighted by Crippen LogP contribution is -2.49. The van der Waals surface area contributed by atoms with Gasteiger partial charge in [0.05, 0.1) is 0 Å². The Kier molecular flexibility index (Phi) is 7.69. The number of aromatic amines is 1. The molecule has 4 rings (SSSR count). The van der Waals surface area contributed by atoms with Crippen molar-refractivity contribution in [1.29, 1.82) is 0 Å². The first kappa shape index (κ1) is 24.0. The summed E-state index contributed by atoms with van der Waals surface area (Å²) in [4.78, 5) is 27.0. The van der Waals surface area contributed by atoms with Gasteiger partial charge in [-0.15, -0.1) is 0 Å². The number of hydrogen-bond donors (Lipinski definition) is 3. The lowest BCUT2D eigenvalue weighted by molar-refractivity contribution is -0.115. The number of nitrogens with one attached hydrogen (secondary N) is 3. The number of benzene rings is 1. The van der Waals surface area contributed by atoms with Crippen molar-refractivity contribution in [3.8, 4) is 0 Å². The molecule has 1 saturated heterocycles. The van der Waals surface area contributed by atoms with Crippen molar-refractivity contribution in [2.45, 2.75) is 50.2 Å². The van der Waals surface area contributed by atoms with Crippen LogP contribution in [0.25, 0.3) is 0 Å². The van der Waals surface area contributed by atoms with E-state index in [9.17, 15) is 4.79 Å². The number of aryl methyl sites for hydroxylation is 1. The first-order valence-electron chi connectivity index (χ1n) is 11.6. The molecule has 9 nitrogen and oxygen atoms in total. The maximum absolute atomic E-state index is 11.6. The molecule has 0 aliphatic carbocycles. The molecule has 2 aromatic heterocycles. The average molecular weight is 481 g/mol. The summed E-state index contributed by atoms with van der Waals surface area (Å²) >= 11 is 1.49. The molecule has 34 heavy (non-hydrogen) atoms. The standard InChI is InChI=1S/C24H32N8OS/c1-5-23(33)25-18-6-8-19(9-7-18)34-24-27-20(26-21-14-17(4)29-30-21)15-22(28-24)32-12-10-31(11-13-32)16(2)3/h6-9,14-16H,5,10-13H2,1-4H3,(H,25,33)(H2,26,27,28,29,30). The molecule has 1 aliphatic rings. The second-order valence-electron chi connectivity index (χ2n) is 8.60. The van der Waals surface area contributed by atoms with Gasteiger partial charge in [0.25, 0.3) is 0 Å². The smallest absolute Gasteiger partial charge is 0.224 e. The van der Waals surface area contributed by atoms with Crippen LogP contribution in [0.1, 0.15) is 32.9 Å². The number of carbonyl (C=O) groups excluding carboxylic acids is 1. The van der Waals surface area contributed by atoms with Crippen LogP contribution in [0, 0.1) is 6.92 Å². The molecule has 0 bridgehead atoms. The quantitative estimate of drug-likeness (QED) is 0.411. The molecule has 3 aromatic rings. The van der Waals surface area contributed by atoms with E-state index in [1.165, 1.54) is 11.8 Å². The highest BCUT2D eigenvalue weighted by molar-refractivity contribution is 7.99. The number of carbonyl (C=O) groups is 1. The Morgan fingerprint density at radius 2 is 1.82 bits per heavy atom. The molecule has 0 saturated carbocycles. The van der Waals surface area contributed by atoms with Gasteiger partial charge in [-0.2, -0.15) is 5.10 Å². The minimum absolute atomic E-state index is 0.00155. The topological polar surface area (TPSA) is 102 Å². The third-order valence-electron chi connectivity index (χ3n) is 5.69. The van der Waals surface area contributed by atoms with Crippen LogP contribution in [-0.2, 0) is 4.79 Å². The van der Waals surface area contributed by atoms with Crippen LogP contribution in [0.4, 0.5) is 23.1 Å². The zero-order valence-corrected chi connectivity index (χ0v) is 20.9. The maximum Gasteiger partial charge on any atom is 0.224 e. The molecule has 0 unspecified atom stereocenters. The molecule has 3 N–H and O–H groups in total. The fourth-order valence-corrected chi connectivity index (χ4v) is 4.49. The summed E-state index contributed by atoms with van der Waals surface area (Å²) in [5, 5.41) is 14.1. The van der Waals surface area contributed by atoms with Crippen molar-refractivity contribution in [1.82, 2.24) is 25.1 Å². The minimum Gasteiger partial charge on any atom is -0.354 e. The van der Waals surface area contributed by atoms with Gasteiger partial charge < -0.3 is 15.5 Å². The zero-order chi connectivity index (χ0) is 24.1. The Morgan fingerprint density at radius 1 is 1.09 bits per heavy atom. The van der Waals surface area contributed by atoms with Gasteiger partial charge in [0.2, 0.25) is 5.91 Å². The molecular formula is C24H32N8OS. The normalized spacial score (nSPS) is 14.4. The van der Waals surface area contributed by atoms with Crippen LogP contribution < -0.4 is 15.5 Å². The number of piperazine rings is 1. The molecule has 0 radical (unpaired) electrons. The highest BCUT2D eigenvalue weighted by Gasteiger charge is 2.21. The van der Waals surface area contributed by atoms with Gasteiger partial charge in [0.1, 0.15) is 11.6 Å². The van der Waals surface area contributed by atoms with E-state index < -0.39 is 0 Å². The summed E-state index contributed by atoms with van der Waals surface area (Å²) in [5.74, 6) is 2.33. The first-order chi connectivity index (χ1) is 16.4. The predicted molar refractivity (Wildman–Crippen MR) is 137 cm³/mol. The summed E-state index contributed by atoms with van der Waals surface area (Å²) < 4.78 is 0. The molecule has 1 aliphatic heterocycles. The van der Waals surface area contributed by atoms with Crippen molar-refractivity contribution < 1.29 is 4.79 Å². The number of hydrogen-bond acceptors (Lipinski definition) is 8. The van der Waals surface area contributed by atoms with Crippen molar-refractivity contribution >= 4 is 40.8 Å². The lowest BCUT2D eigenvalue weighted by atomic mass is 10.2. The van der Waals surface area contributed by atoms with Gasteiger partial charge >= 0.3 is 0 Å². The molecular weight excluding hydrogens is 448 g/mol. The van der Waals surface area contributed by atoms with Crippen LogP contribution in [0.5, 0.6) is 0 Å². The van der Waals surface area contributed by atoms with E-state index in [1.54, 1.807) is 0 Å². The van der Waals surface area contributed by atoms with Crippen LogP contribution in [0.3, 0.4) is 0 Å². The van der Waals surface area contributed by atoms with E-state index in [1.807, 2.05) is 50.2 Å². The van der Waals surface area contributed by atoms with Gasteiger partial charge in [-0.3, -0.25) is 14.8 Å². The fraction of sp³-hybridized carbons (Fsp3) is 0.417. The van der Waals surface area contributed by atoms with Crippen LogP contribution >= 0.6 is 11.8 Å². The van der Waals surface area contributed by atoms with E-state index in [-0.39, 0.29) is 5.91 Å². The number of H-pyrrole nitrogens is 1. The third kappa shape index (κ3) is 6.27. The molecule has 3 heterocycles. The summed E-state index contributed by atoms with van der Waals surface area (Å²) in [6, 6.07) is 12.2. The van der Waals surface area contributed by atoms with E-state index >= 15 is 0 Å². The fourth-order valence-electron chi connectivity index (χ4n) is 3.73. The third-order valence-corrected chi connectivity index (χ3v) is 6.56. The molecule has 1 amide bonds. The Hall–Kier alpha value is -3.11. The Bertz CT molecular complexity index is 1110. The number of nitrogens with zero attached hydrogens (tertiary/aromatic N) is 5. The summed E-state index contributed by atoms with van der Waals surface area (Å²) in [5.41, 5.74) is 1.76. The van der Waals surface area contributed by atoms with Crippen molar-refractivity contribution in [3.63, 3.8) is 0 Å². The number of aromatic nitrogens is 4. The molecule has 0 atom stereocenters. The second kappa shape index (κ2) is 10.9. The average Bonchev–Trinajstić information content (AvgIpc) is 3.24. The number of anilines is 4. The summed E-state index contributed by atoms with van der Waals surface area (Å²) in [7, 11) is 0. The lowest BCUT2D eigenvalue weighted by Gasteiger charge is -2.37. The van der Waals surface area contributed by atoms with Crippen LogP contribution in [0.2, 0.25) is 0 Å². The maximum atomic E-state index is 11.6. The first-order valence-corrected chi connectivity index (χ1v) is 12.5. The zero-order valence-electron chi connectivity index (χ0n) is 20.1. The van der Waals surface area contributed by atoms with E-state index in [0.29, 0.717) is 23.4 Å². The van der Waals surface area contributed by atoms with Gasteiger partial charge in [-0.05, 0) is 56.8 Å². The molecule has 0 spiro atoms. The number of rotatable bonds is 8. The van der Waals surface area contributed by atoms with Crippen molar-refractivity contribution in [2.75, 3.05) is 41.7 Å².